The zero-order valence-corrected chi connectivity index (χ0v) is 14.1. The highest BCUT2D eigenvalue weighted by Crippen LogP contribution is 2.28. The maximum Gasteiger partial charge on any atom is 0.190 e. The third-order valence-corrected chi connectivity index (χ3v) is 4.96. The monoisotopic (exact) mass is 350 g/mol. The molecule has 116 valence electrons. The van der Waals surface area contributed by atoms with Crippen molar-refractivity contribution in [3.63, 3.8) is 0 Å². The third-order valence-electron chi connectivity index (χ3n) is 3.73. The molecule has 0 radical (unpaired) electrons. The molecule has 0 spiro atoms. The van der Waals surface area contributed by atoms with Gasteiger partial charge < -0.3 is 0 Å². The van der Waals surface area contributed by atoms with Crippen LogP contribution in [0.5, 0.6) is 0 Å². The van der Waals surface area contributed by atoms with Gasteiger partial charge in [-0.25, -0.2) is 9.50 Å². The molecule has 4 aromatic rings. The Hall–Kier alpha value is -2.55. The van der Waals surface area contributed by atoms with Crippen molar-refractivity contribution in [2.45, 2.75) is 10.9 Å². The van der Waals surface area contributed by atoms with Crippen molar-refractivity contribution in [3.8, 4) is 6.07 Å². The van der Waals surface area contributed by atoms with Gasteiger partial charge in [0.05, 0.1) is 28.9 Å². The molecule has 2 heterocycles. The number of thioether (sulfide) groups is 1. The Morgan fingerprint density at radius 1 is 1.12 bits per heavy atom. The standard InChI is InChI=1S/C18H11ClN4S/c19-14-5-6-15-16(9-14)22-18(23-17(15)7-8-21-23)24-11-13-3-1-12(10-20)2-4-13/h1-9H,11H2. The predicted octanol–water partition coefficient (Wildman–Crippen LogP) is 4.70. The molecular weight excluding hydrogens is 340 g/mol. The minimum atomic E-state index is 0.664. The molecule has 0 fully saturated rings. The molecule has 6 heteroatoms. The van der Waals surface area contributed by atoms with E-state index in [0.29, 0.717) is 10.6 Å². The Balaban J connectivity index is 1.71. The van der Waals surface area contributed by atoms with Crippen LogP contribution in [0.1, 0.15) is 11.1 Å². The molecule has 4 rings (SSSR count). The maximum absolute atomic E-state index is 8.87. The summed E-state index contributed by atoms with van der Waals surface area (Å²) < 4.78 is 1.85. The zero-order chi connectivity index (χ0) is 16.5. The van der Waals surface area contributed by atoms with E-state index >= 15 is 0 Å². The molecule has 4 nitrogen and oxygen atoms in total. The summed E-state index contributed by atoms with van der Waals surface area (Å²) in [7, 11) is 0. The fourth-order valence-electron chi connectivity index (χ4n) is 2.54. The normalized spacial score (nSPS) is 11.0. The highest BCUT2D eigenvalue weighted by atomic mass is 35.5. The smallest absolute Gasteiger partial charge is 0.190 e. The minimum Gasteiger partial charge on any atom is -0.222 e. The van der Waals surface area contributed by atoms with E-state index in [-0.39, 0.29) is 0 Å². The Bertz CT molecular complexity index is 1080. The van der Waals surface area contributed by atoms with Gasteiger partial charge in [0.2, 0.25) is 0 Å². The molecule has 0 saturated heterocycles. The highest BCUT2D eigenvalue weighted by Gasteiger charge is 2.10. The van der Waals surface area contributed by atoms with Gasteiger partial charge in [-0.3, -0.25) is 0 Å². The average Bonchev–Trinajstić information content (AvgIpc) is 3.10. The molecule has 0 unspecified atom stereocenters. The summed E-state index contributed by atoms with van der Waals surface area (Å²) >= 11 is 7.71. The number of aromatic nitrogens is 3. The molecule has 2 aromatic carbocycles. The van der Waals surface area contributed by atoms with E-state index < -0.39 is 0 Å². The fraction of sp³-hybridized carbons (Fsp3) is 0.0556. The quantitative estimate of drug-likeness (QED) is 0.397. The van der Waals surface area contributed by atoms with Crippen LogP contribution in [-0.4, -0.2) is 14.6 Å². The molecule has 0 aliphatic heterocycles. The van der Waals surface area contributed by atoms with E-state index in [4.69, 9.17) is 21.8 Å². The summed E-state index contributed by atoms with van der Waals surface area (Å²) in [6.07, 6.45) is 1.77. The molecule has 0 aliphatic rings. The van der Waals surface area contributed by atoms with Crippen LogP contribution in [0.25, 0.3) is 16.4 Å². The Morgan fingerprint density at radius 2 is 1.96 bits per heavy atom. The number of fused-ring (bicyclic) bond motifs is 3. The van der Waals surface area contributed by atoms with Crippen molar-refractivity contribution >= 4 is 39.8 Å². The Kier molecular flexibility index (Phi) is 3.85. The lowest BCUT2D eigenvalue weighted by atomic mass is 10.2. The lowest BCUT2D eigenvalue weighted by molar-refractivity contribution is 0.809. The number of nitriles is 1. The Labute approximate surface area is 147 Å². The first-order valence-electron chi connectivity index (χ1n) is 7.29. The zero-order valence-electron chi connectivity index (χ0n) is 12.5. The van der Waals surface area contributed by atoms with E-state index in [0.717, 1.165) is 32.9 Å². The molecule has 2 aromatic heterocycles. The first kappa shape index (κ1) is 15.0. The van der Waals surface area contributed by atoms with Crippen LogP contribution in [0.3, 0.4) is 0 Å². The van der Waals surface area contributed by atoms with Crippen molar-refractivity contribution in [1.29, 1.82) is 5.26 Å². The van der Waals surface area contributed by atoms with Crippen molar-refractivity contribution < 1.29 is 0 Å². The third kappa shape index (κ3) is 2.71. The van der Waals surface area contributed by atoms with Crippen LogP contribution in [0.4, 0.5) is 0 Å². The SMILES string of the molecule is N#Cc1ccc(CSc2nc3cc(Cl)ccc3c3ccnn23)cc1. The molecule has 0 bridgehead atoms. The Morgan fingerprint density at radius 3 is 2.75 bits per heavy atom. The number of nitrogens with zero attached hydrogens (tertiary/aromatic N) is 4. The lowest BCUT2D eigenvalue weighted by Crippen LogP contribution is -1.98. The lowest BCUT2D eigenvalue weighted by Gasteiger charge is -2.07. The van der Waals surface area contributed by atoms with Crippen molar-refractivity contribution in [3.05, 3.63) is 70.9 Å². The molecule has 0 N–H and O–H groups in total. The van der Waals surface area contributed by atoms with Crippen LogP contribution in [0.15, 0.2) is 59.9 Å². The van der Waals surface area contributed by atoms with Gasteiger partial charge in [-0.15, -0.1) is 0 Å². The van der Waals surface area contributed by atoms with Gasteiger partial charge in [-0.05, 0) is 42.0 Å². The van der Waals surface area contributed by atoms with Gasteiger partial charge in [0, 0.05) is 16.2 Å². The van der Waals surface area contributed by atoms with Crippen LogP contribution in [-0.2, 0) is 5.75 Å². The van der Waals surface area contributed by atoms with E-state index in [9.17, 15) is 0 Å². The summed E-state index contributed by atoms with van der Waals surface area (Å²) in [5.74, 6) is 0.750. The fourth-order valence-corrected chi connectivity index (χ4v) is 3.63. The molecule has 0 atom stereocenters. The average molecular weight is 351 g/mol. The molecular formula is C18H11ClN4S. The topological polar surface area (TPSA) is 54.0 Å². The van der Waals surface area contributed by atoms with E-state index in [1.165, 1.54) is 0 Å². The van der Waals surface area contributed by atoms with Crippen LogP contribution >= 0.6 is 23.4 Å². The van der Waals surface area contributed by atoms with Gasteiger partial charge in [-0.1, -0.05) is 35.5 Å². The highest BCUT2D eigenvalue weighted by molar-refractivity contribution is 7.98. The largest absolute Gasteiger partial charge is 0.222 e. The maximum atomic E-state index is 8.87. The second-order valence-electron chi connectivity index (χ2n) is 5.28. The van der Waals surface area contributed by atoms with Crippen LogP contribution in [0, 0.1) is 11.3 Å². The second-order valence-corrected chi connectivity index (χ2v) is 6.66. The van der Waals surface area contributed by atoms with Gasteiger partial charge in [-0.2, -0.15) is 10.4 Å². The number of hydrogen-bond acceptors (Lipinski definition) is 4. The number of halogens is 1. The summed E-state index contributed by atoms with van der Waals surface area (Å²) in [5.41, 5.74) is 3.67. The van der Waals surface area contributed by atoms with Gasteiger partial charge in [0.25, 0.3) is 0 Å². The van der Waals surface area contributed by atoms with Crippen molar-refractivity contribution in [1.82, 2.24) is 14.6 Å². The minimum absolute atomic E-state index is 0.664. The summed E-state index contributed by atoms with van der Waals surface area (Å²) in [6.45, 7) is 0. The number of hydrogen-bond donors (Lipinski definition) is 0. The van der Waals surface area contributed by atoms with Crippen molar-refractivity contribution in [2.75, 3.05) is 0 Å². The van der Waals surface area contributed by atoms with Gasteiger partial charge >= 0.3 is 0 Å². The van der Waals surface area contributed by atoms with E-state index in [1.54, 1.807) is 18.0 Å². The molecule has 0 saturated carbocycles. The number of rotatable bonds is 3. The molecule has 24 heavy (non-hydrogen) atoms. The predicted molar refractivity (Wildman–Crippen MR) is 96.2 cm³/mol. The van der Waals surface area contributed by atoms with E-state index in [1.807, 2.05) is 53.0 Å². The van der Waals surface area contributed by atoms with Gasteiger partial charge in [0.15, 0.2) is 5.16 Å². The first-order chi connectivity index (χ1) is 11.7. The van der Waals surface area contributed by atoms with Crippen molar-refractivity contribution in [2.24, 2.45) is 0 Å². The first-order valence-corrected chi connectivity index (χ1v) is 8.66. The summed E-state index contributed by atoms with van der Waals surface area (Å²) in [5, 5.41) is 15.8. The van der Waals surface area contributed by atoms with Gasteiger partial charge in [0.1, 0.15) is 0 Å². The second kappa shape index (κ2) is 6.16. The summed E-state index contributed by atoms with van der Waals surface area (Å²) in [6, 6.07) is 17.4. The molecule has 0 aliphatic carbocycles. The van der Waals surface area contributed by atoms with E-state index in [2.05, 4.69) is 11.2 Å². The summed E-state index contributed by atoms with van der Waals surface area (Å²) in [4.78, 5) is 4.71. The van der Waals surface area contributed by atoms with Crippen LogP contribution < -0.4 is 0 Å². The molecule has 0 amide bonds. The van der Waals surface area contributed by atoms with Crippen LogP contribution in [0.2, 0.25) is 5.02 Å². The number of benzene rings is 2.